The third-order valence-corrected chi connectivity index (χ3v) is 3.60. The van der Waals surface area contributed by atoms with Crippen LogP contribution in [0.15, 0.2) is 24.5 Å². The average Bonchev–Trinajstić information content (AvgIpc) is 2.66. The topological polar surface area (TPSA) is 75.7 Å². The van der Waals surface area contributed by atoms with Gasteiger partial charge in [-0.3, -0.25) is 19.4 Å². The third-order valence-electron chi connectivity index (χ3n) is 3.60. The third kappa shape index (κ3) is 2.63. The molecule has 3 rings (SSSR count). The number of imidazole rings is 1. The summed E-state index contributed by atoms with van der Waals surface area (Å²) < 4.78 is 1.82. The molecule has 0 radical (unpaired) electrons. The Morgan fingerprint density at radius 2 is 2.25 bits per heavy atom. The Labute approximate surface area is 116 Å². The molecule has 106 valence electrons. The molecule has 1 aliphatic heterocycles. The first-order valence-corrected chi connectivity index (χ1v) is 6.77. The first-order chi connectivity index (χ1) is 9.74. The second kappa shape index (κ2) is 5.56. The minimum absolute atomic E-state index is 0.0919. The van der Waals surface area contributed by atoms with E-state index in [2.05, 4.69) is 15.2 Å². The van der Waals surface area contributed by atoms with Gasteiger partial charge in [-0.2, -0.15) is 0 Å². The van der Waals surface area contributed by atoms with Gasteiger partial charge < -0.3 is 5.32 Å². The van der Waals surface area contributed by atoms with Crippen molar-refractivity contribution >= 4 is 11.3 Å². The maximum absolute atomic E-state index is 10.9. The molecule has 1 saturated heterocycles. The van der Waals surface area contributed by atoms with E-state index in [0.717, 1.165) is 50.5 Å². The number of rotatable bonds is 3. The quantitative estimate of drug-likeness (QED) is 0.669. The van der Waals surface area contributed by atoms with Crippen LogP contribution in [0.3, 0.4) is 0 Å². The van der Waals surface area contributed by atoms with Crippen molar-refractivity contribution < 1.29 is 4.92 Å². The number of aromatic nitrogens is 2. The molecular formula is C13H17N5O2. The van der Waals surface area contributed by atoms with Crippen molar-refractivity contribution in [2.24, 2.45) is 0 Å². The Balaban J connectivity index is 1.86. The van der Waals surface area contributed by atoms with Gasteiger partial charge in [-0.1, -0.05) is 0 Å². The molecule has 2 aromatic heterocycles. The molecule has 3 heterocycles. The lowest BCUT2D eigenvalue weighted by molar-refractivity contribution is -0.385. The minimum Gasteiger partial charge on any atom is -0.315 e. The van der Waals surface area contributed by atoms with Crippen LogP contribution in [0.25, 0.3) is 5.65 Å². The van der Waals surface area contributed by atoms with E-state index in [1.807, 2.05) is 4.40 Å². The molecule has 0 aliphatic carbocycles. The van der Waals surface area contributed by atoms with Crippen LogP contribution in [0.2, 0.25) is 0 Å². The first kappa shape index (κ1) is 13.0. The number of hydrogen-bond acceptors (Lipinski definition) is 5. The van der Waals surface area contributed by atoms with Crippen molar-refractivity contribution in [1.82, 2.24) is 19.6 Å². The Morgan fingerprint density at radius 3 is 3.10 bits per heavy atom. The van der Waals surface area contributed by atoms with Gasteiger partial charge in [0.15, 0.2) is 0 Å². The molecule has 2 aromatic rings. The maximum Gasteiger partial charge on any atom is 0.286 e. The van der Waals surface area contributed by atoms with Gasteiger partial charge in [-0.15, -0.1) is 0 Å². The van der Waals surface area contributed by atoms with Gasteiger partial charge in [-0.05, 0) is 25.6 Å². The molecular weight excluding hydrogens is 258 g/mol. The van der Waals surface area contributed by atoms with E-state index in [1.54, 1.807) is 18.5 Å². The number of nitrogens with one attached hydrogen (secondary N) is 1. The first-order valence-electron chi connectivity index (χ1n) is 6.77. The molecule has 7 nitrogen and oxygen atoms in total. The van der Waals surface area contributed by atoms with Crippen molar-refractivity contribution in [1.29, 1.82) is 0 Å². The molecule has 0 unspecified atom stereocenters. The predicted molar refractivity (Wildman–Crippen MR) is 74.6 cm³/mol. The highest BCUT2D eigenvalue weighted by atomic mass is 16.6. The summed E-state index contributed by atoms with van der Waals surface area (Å²) in [6.45, 7) is 4.83. The summed E-state index contributed by atoms with van der Waals surface area (Å²) >= 11 is 0. The fourth-order valence-electron chi connectivity index (χ4n) is 2.53. The SMILES string of the molecule is O=[N+]([O-])c1ccc2ncc(CN3CCCNCC3)n2c1. The van der Waals surface area contributed by atoms with Crippen molar-refractivity contribution in [2.75, 3.05) is 26.2 Å². The molecule has 0 saturated carbocycles. The summed E-state index contributed by atoms with van der Waals surface area (Å²) in [6.07, 6.45) is 4.47. The number of nitrogens with zero attached hydrogens (tertiary/aromatic N) is 4. The standard InChI is InChI=1S/C13H17N5O2/c19-18(20)11-2-3-13-15-8-12(17(13)10-11)9-16-6-1-4-14-5-7-16/h2-3,8,10,14H,1,4-7,9H2. The van der Waals surface area contributed by atoms with E-state index >= 15 is 0 Å². The van der Waals surface area contributed by atoms with E-state index in [-0.39, 0.29) is 10.6 Å². The number of hydrogen-bond donors (Lipinski definition) is 1. The molecule has 7 heteroatoms. The van der Waals surface area contributed by atoms with Crippen LogP contribution in [0.4, 0.5) is 5.69 Å². The van der Waals surface area contributed by atoms with Gasteiger partial charge in [0.25, 0.3) is 5.69 Å². The predicted octanol–water partition coefficient (Wildman–Crippen LogP) is 1.04. The van der Waals surface area contributed by atoms with Crippen LogP contribution >= 0.6 is 0 Å². The number of pyridine rings is 1. The highest BCUT2D eigenvalue weighted by molar-refractivity contribution is 5.45. The smallest absolute Gasteiger partial charge is 0.286 e. The largest absolute Gasteiger partial charge is 0.315 e. The van der Waals surface area contributed by atoms with Gasteiger partial charge in [0, 0.05) is 25.7 Å². The second-order valence-electron chi connectivity index (χ2n) is 5.00. The second-order valence-corrected chi connectivity index (χ2v) is 5.00. The summed E-state index contributed by atoms with van der Waals surface area (Å²) in [7, 11) is 0. The van der Waals surface area contributed by atoms with Gasteiger partial charge >= 0.3 is 0 Å². The van der Waals surface area contributed by atoms with Gasteiger partial charge in [-0.25, -0.2) is 4.98 Å². The monoisotopic (exact) mass is 275 g/mol. The van der Waals surface area contributed by atoms with Crippen molar-refractivity contribution in [3.63, 3.8) is 0 Å². The zero-order chi connectivity index (χ0) is 13.9. The summed E-state index contributed by atoms with van der Waals surface area (Å²) in [5.41, 5.74) is 1.83. The summed E-state index contributed by atoms with van der Waals surface area (Å²) in [5, 5.41) is 14.2. The Morgan fingerprint density at radius 1 is 1.35 bits per heavy atom. The Bertz CT molecular complexity index is 616. The van der Waals surface area contributed by atoms with Crippen LogP contribution in [-0.2, 0) is 6.54 Å². The molecule has 20 heavy (non-hydrogen) atoms. The number of fused-ring (bicyclic) bond motifs is 1. The van der Waals surface area contributed by atoms with E-state index < -0.39 is 0 Å². The summed E-state index contributed by atoms with van der Waals surface area (Å²) in [6, 6.07) is 3.17. The fraction of sp³-hybridized carbons (Fsp3) is 0.462. The molecule has 0 amide bonds. The molecule has 1 fully saturated rings. The Kier molecular flexibility index (Phi) is 3.62. The van der Waals surface area contributed by atoms with E-state index in [0.29, 0.717) is 0 Å². The van der Waals surface area contributed by atoms with Crippen molar-refractivity contribution in [3.8, 4) is 0 Å². The molecule has 1 N–H and O–H groups in total. The average molecular weight is 275 g/mol. The van der Waals surface area contributed by atoms with Crippen LogP contribution in [0.1, 0.15) is 12.1 Å². The van der Waals surface area contributed by atoms with Gasteiger partial charge in [0.05, 0.1) is 23.0 Å². The molecule has 0 bridgehead atoms. The maximum atomic E-state index is 10.9. The molecule has 0 atom stereocenters. The molecule has 0 spiro atoms. The highest BCUT2D eigenvalue weighted by Crippen LogP contribution is 2.16. The lowest BCUT2D eigenvalue weighted by Gasteiger charge is -2.18. The van der Waals surface area contributed by atoms with E-state index in [4.69, 9.17) is 0 Å². The van der Waals surface area contributed by atoms with Crippen LogP contribution in [0.5, 0.6) is 0 Å². The van der Waals surface area contributed by atoms with E-state index in [9.17, 15) is 10.1 Å². The Hall–Kier alpha value is -1.99. The zero-order valence-corrected chi connectivity index (χ0v) is 11.2. The van der Waals surface area contributed by atoms with Crippen LogP contribution in [0, 0.1) is 10.1 Å². The van der Waals surface area contributed by atoms with Crippen molar-refractivity contribution in [3.05, 3.63) is 40.3 Å². The van der Waals surface area contributed by atoms with Gasteiger partial charge in [0.1, 0.15) is 5.65 Å². The number of nitro groups is 1. The van der Waals surface area contributed by atoms with Gasteiger partial charge in [0.2, 0.25) is 0 Å². The summed E-state index contributed by atoms with van der Waals surface area (Å²) in [4.78, 5) is 17.1. The lowest BCUT2D eigenvalue weighted by atomic mass is 10.3. The fourth-order valence-corrected chi connectivity index (χ4v) is 2.53. The minimum atomic E-state index is -0.376. The molecule has 0 aromatic carbocycles. The molecule has 1 aliphatic rings. The van der Waals surface area contributed by atoms with Crippen LogP contribution in [-0.4, -0.2) is 45.4 Å². The van der Waals surface area contributed by atoms with E-state index in [1.165, 1.54) is 6.07 Å². The van der Waals surface area contributed by atoms with Crippen LogP contribution < -0.4 is 5.32 Å². The highest BCUT2D eigenvalue weighted by Gasteiger charge is 2.14. The normalized spacial score (nSPS) is 17.2. The zero-order valence-electron chi connectivity index (χ0n) is 11.2. The van der Waals surface area contributed by atoms with Crippen molar-refractivity contribution in [2.45, 2.75) is 13.0 Å². The summed E-state index contributed by atoms with van der Waals surface area (Å²) in [5.74, 6) is 0. The lowest BCUT2D eigenvalue weighted by Crippen LogP contribution is -2.28.